The molecule has 0 aromatic heterocycles. The molecular formula is C10H12FN3O5S. The van der Waals surface area contributed by atoms with E-state index in [1.165, 1.54) is 13.0 Å². The van der Waals surface area contributed by atoms with Gasteiger partial charge in [0.05, 0.1) is 0 Å². The number of benzene rings is 1. The highest BCUT2D eigenvalue weighted by molar-refractivity contribution is 7.89. The number of hydrogen-bond acceptors (Lipinski definition) is 5. The lowest BCUT2D eigenvalue weighted by Gasteiger charge is -2.08. The third kappa shape index (κ3) is 4.57. The van der Waals surface area contributed by atoms with E-state index < -0.39 is 39.2 Å². The van der Waals surface area contributed by atoms with Crippen LogP contribution in [-0.4, -0.2) is 26.8 Å². The highest BCUT2D eigenvalue weighted by Gasteiger charge is 2.20. The minimum absolute atomic E-state index is 0.104. The molecule has 0 bridgehead atoms. The zero-order valence-corrected chi connectivity index (χ0v) is 11.2. The van der Waals surface area contributed by atoms with Crippen molar-refractivity contribution in [3.05, 3.63) is 24.0 Å². The van der Waals surface area contributed by atoms with Crippen molar-refractivity contribution in [2.24, 2.45) is 5.73 Å². The number of halogens is 1. The van der Waals surface area contributed by atoms with E-state index in [1.807, 2.05) is 0 Å². The molecule has 1 rings (SSSR count). The molecule has 0 aliphatic rings. The van der Waals surface area contributed by atoms with Crippen molar-refractivity contribution < 1.29 is 27.2 Å². The Hall–Kier alpha value is -2.04. The van der Waals surface area contributed by atoms with Gasteiger partial charge in [0, 0.05) is 12.6 Å². The van der Waals surface area contributed by atoms with Crippen molar-refractivity contribution in [2.75, 3.05) is 11.9 Å². The molecule has 0 fully saturated rings. The average molecular weight is 305 g/mol. The molecule has 0 spiro atoms. The molecule has 4 N–H and O–H groups in total. The minimum atomic E-state index is -4.30. The average Bonchev–Trinajstić information content (AvgIpc) is 2.26. The van der Waals surface area contributed by atoms with E-state index in [2.05, 4.69) is 10.2 Å². The van der Waals surface area contributed by atoms with Crippen molar-refractivity contribution in [1.82, 2.24) is 4.89 Å². The first-order valence-corrected chi connectivity index (χ1v) is 6.70. The molecule has 8 nitrogen and oxygen atoms in total. The van der Waals surface area contributed by atoms with Gasteiger partial charge in [0.2, 0.25) is 11.8 Å². The summed E-state index contributed by atoms with van der Waals surface area (Å²) in [6, 6.07) is 2.98. The quantitative estimate of drug-likeness (QED) is 0.609. The largest absolute Gasteiger partial charge is 0.368 e. The Kier molecular flexibility index (Phi) is 5.13. The molecule has 110 valence electrons. The van der Waals surface area contributed by atoms with Crippen molar-refractivity contribution in [3.63, 3.8) is 0 Å². The predicted molar refractivity (Wildman–Crippen MR) is 66.2 cm³/mol. The summed E-state index contributed by atoms with van der Waals surface area (Å²) in [5, 5.41) is 2.30. The maximum atomic E-state index is 13.7. The summed E-state index contributed by atoms with van der Waals surface area (Å²) >= 11 is 0. The molecule has 0 saturated heterocycles. The third-order valence-corrected chi connectivity index (χ3v) is 3.17. The minimum Gasteiger partial charge on any atom is -0.368 e. The van der Waals surface area contributed by atoms with Gasteiger partial charge in [0.25, 0.3) is 10.0 Å². The van der Waals surface area contributed by atoms with Crippen LogP contribution in [0.3, 0.4) is 0 Å². The molecule has 0 atom stereocenters. The van der Waals surface area contributed by atoms with Gasteiger partial charge in [-0.1, -0.05) is 4.89 Å². The van der Waals surface area contributed by atoms with Crippen LogP contribution in [0.25, 0.3) is 0 Å². The Labute approximate surface area is 114 Å². The fourth-order valence-corrected chi connectivity index (χ4v) is 2.09. The Morgan fingerprint density at radius 3 is 2.55 bits per heavy atom. The van der Waals surface area contributed by atoms with Crippen LogP contribution in [0.1, 0.15) is 6.92 Å². The lowest BCUT2D eigenvalue weighted by atomic mass is 10.3. The van der Waals surface area contributed by atoms with Gasteiger partial charge in [-0.05, 0) is 18.2 Å². The maximum absolute atomic E-state index is 13.7. The molecule has 2 amide bonds. The summed E-state index contributed by atoms with van der Waals surface area (Å²) < 4.78 is 37.0. The number of sulfonamides is 1. The molecule has 10 heteroatoms. The standard InChI is InChI=1S/C10H12FN3O5S/c1-6(15)13-7-2-3-9(8(11)4-7)20(17,18)14-19-5-10(12)16/h2-4,14H,5H2,1H3,(H2,12,16)(H,13,15). The Bertz CT molecular complexity index is 632. The van der Waals surface area contributed by atoms with Crippen LogP contribution in [0.4, 0.5) is 10.1 Å². The third-order valence-electron chi connectivity index (χ3n) is 1.92. The van der Waals surface area contributed by atoms with Crippen molar-refractivity contribution in [1.29, 1.82) is 0 Å². The van der Waals surface area contributed by atoms with Crippen LogP contribution < -0.4 is 15.9 Å². The number of primary amides is 1. The predicted octanol–water partition coefficient (Wildman–Crippen LogP) is -0.521. The summed E-state index contributed by atoms with van der Waals surface area (Å²) in [5.41, 5.74) is 4.85. The van der Waals surface area contributed by atoms with Gasteiger partial charge in [0.1, 0.15) is 17.3 Å². The highest BCUT2D eigenvalue weighted by atomic mass is 32.2. The number of nitrogens with two attached hydrogens (primary N) is 1. The number of carbonyl (C=O) groups is 2. The van der Waals surface area contributed by atoms with Gasteiger partial charge >= 0.3 is 0 Å². The summed E-state index contributed by atoms with van der Waals surface area (Å²) in [6.45, 7) is 0.534. The Balaban J connectivity index is 2.90. The van der Waals surface area contributed by atoms with E-state index in [-0.39, 0.29) is 5.69 Å². The second-order valence-corrected chi connectivity index (χ2v) is 5.28. The lowest BCUT2D eigenvalue weighted by Crippen LogP contribution is -2.30. The molecule has 0 radical (unpaired) electrons. The van der Waals surface area contributed by atoms with Crippen LogP contribution in [-0.2, 0) is 24.4 Å². The molecule has 20 heavy (non-hydrogen) atoms. The first-order chi connectivity index (χ1) is 9.22. The van der Waals surface area contributed by atoms with Gasteiger partial charge in [-0.15, -0.1) is 0 Å². The van der Waals surface area contributed by atoms with Crippen molar-refractivity contribution in [2.45, 2.75) is 11.8 Å². The van der Waals surface area contributed by atoms with E-state index in [0.717, 1.165) is 12.1 Å². The second kappa shape index (κ2) is 6.41. The zero-order chi connectivity index (χ0) is 15.3. The number of hydrogen-bond donors (Lipinski definition) is 3. The van der Waals surface area contributed by atoms with Crippen LogP contribution in [0.15, 0.2) is 23.1 Å². The fourth-order valence-electron chi connectivity index (χ4n) is 1.22. The number of nitrogens with one attached hydrogen (secondary N) is 2. The lowest BCUT2D eigenvalue weighted by molar-refractivity contribution is -0.123. The van der Waals surface area contributed by atoms with E-state index >= 15 is 0 Å². The van der Waals surface area contributed by atoms with Gasteiger partial charge < -0.3 is 11.1 Å². The fraction of sp³-hybridized carbons (Fsp3) is 0.200. The topological polar surface area (TPSA) is 128 Å². The molecule has 0 aliphatic heterocycles. The van der Waals surface area contributed by atoms with Gasteiger partial charge in [0.15, 0.2) is 0 Å². The van der Waals surface area contributed by atoms with Crippen LogP contribution in [0, 0.1) is 5.82 Å². The monoisotopic (exact) mass is 305 g/mol. The van der Waals surface area contributed by atoms with Crippen molar-refractivity contribution >= 4 is 27.5 Å². The van der Waals surface area contributed by atoms with E-state index in [1.54, 1.807) is 4.89 Å². The number of amides is 2. The highest BCUT2D eigenvalue weighted by Crippen LogP contribution is 2.18. The summed E-state index contributed by atoms with van der Waals surface area (Å²) in [4.78, 5) is 26.3. The number of anilines is 1. The molecule has 1 aromatic carbocycles. The van der Waals surface area contributed by atoms with Gasteiger partial charge in [-0.25, -0.2) is 12.8 Å². The molecule has 0 aliphatic carbocycles. The van der Waals surface area contributed by atoms with Crippen molar-refractivity contribution in [3.8, 4) is 0 Å². The molecule has 0 heterocycles. The normalized spacial score (nSPS) is 11.1. The smallest absolute Gasteiger partial charge is 0.265 e. The SMILES string of the molecule is CC(=O)Nc1ccc(S(=O)(=O)NOCC(N)=O)c(F)c1. The summed E-state index contributed by atoms with van der Waals surface area (Å²) in [5.74, 6) is -2.41. The molecular weight excluding hydrogens is 293 g/mol. The Morgan fingerprint density at radius 2 is 2.05 bits per heavy atom. The Morgan fingerprint density at radius 1 is 1.40 bits per heavy atom. The molecule has 0 unspecified atom stereocenters. The van der Waals surface area contributed by atoms with Crippen LogP contribution >= 0.6 is 0 Å². The van der Waals surface area contributed by atoms with E-state index in [9.17, 15) is 22.4 Å². The van der Waals surface area contributed by atoms with Gasteiger partial charge in [-0.2, -0.15) is 0 Å². The zero-order valence-electron chi connectivity index (χ0n) is 10.3. The first kappa shape index (κ1) is 16.0. The van der Waals surface area contributed by atoms with Crippen LogP contribution in [0.2, 0.25) is 0 Å². The molecule has 1 aromatic rings. The number of rotatable bonds is 6. The molecule has 0 saturated carbocycles. The van der Waals surface area contributed by atoms with Crippen LogP contribution in [0.5, 0.6) is 0 Å². The second-order valence-electron chi connectivity index (χ2n) is 3.67. The van der Waals surface area contributed by atoms with E-state index in [4.69, 9.17) is 5.73 Å². The summed E-state index contributed by atoms with van der Waals surface area (Å²) in [7, 11) is -4.30. The van der Waals surface area contributed by atoms with E-state index in [0.29, 0.717) is 0 Å². The maximum Gasteiger partial charge on any atom is 0.265 e. The van der Waals surface area contributed by atoms with Gasteiger partial charge in [-0.3, -0.25) is 14.4 Å². The first-order valence-electron chi connectivity index (χ1n) is 5.21. The number of carbonyl (C=O) groups excluding carboxylic acids is 2. The summed E-state index contributed by atoms with van der Waals surface area (Å²) in [6.07, 6.45) is 0.